The van der Waals surface area contributed by atoms with Crippen LogP contribution in [0.5, 0.6) is 0 Å². The van der Waals surface area contributed by atoms with Gasteiger partial charge in [-0.05, 0) is 20.8 Å². The van der Waals surface area contributed by atoms with Gasteiger partial charge in [0, 0.05) is 6.54 Å². The Morgan fingerprint density at radius 2 is 1.93 bits per heavy atom. The van der Waals surface area contributed by atoms with Gasteiger partial charge in [0.2, 0.25) is 0 Å². The van der Waals surface area contributed by atoms with Crippen LogP contribution in [0.1, 0.15) is 27.2 Å². The number of alkyl carbamates (subject to hydrolysis) is 1. The molecule has 88 valence electrons. The summed E-state index contributed by atoms with van der Waals surface area (Å²) in [5.41, 5.74) is -0.560. The summed E-state index contributed by atoms with van der Waals surface area (Å²) in [6.07, 6.45) is -0.584. The van der Waals surface area contributed by atoms with Crippen molar-refractivity contribution in [2.24, 2.45) is 0 Å². The Balaban J connectivity index is 3.60. The van der Waals surface area contributed by atoms with Gasteiger partial charge in [-0.3, -0.25) is 4.79 Å². The van der Waals surface area contributed by atoms with Crippen molar-refractivity contribution >= 4 is 12.1 Å². The lowest BCUT2D eigenvalue weighted by atomic mass is 10.2. The quantitative estimate of drug-likeness (QED) is 0.528. The molecule has 0 aromatic carbocycles. The molecule has 0 heterocycles. The van der Waals surface area contributed by atoms with Gasteiger partial charge in [0.05, 0.1) is 6.42 Å². The molecular weight excluding hydrogens is 202 g/mol. The summed E-state index contributed by atoms with van der Waals surface area (Å²) < 4.78 is 9.18. The first-order chi connectivity index (χ1) is 6.85. The number of carbonyl (C=O) groups excluding carboxylic acids is 2. The Labute approximate surface area is 88.6 Å². The summed E-state index contributed by atoms with van der Waals surface area (Å²) in [5.74, 6) is -0.575. The van der Waals surface area contributed by atoms with Crippen LogP contribution in [-0.4, -0.2) is 36.1 Å². The molecule has 0 atom stereocenters. The van der Waals surface area contributed by atoms with Crippen LogP contribution < -0.4 is 5.32 Å². The molecule has 6 heteroatoms. The van der Waals surface area contributed by atoms with Crippen molar-refractivity contribution in [1.82, 2.24) is 5.32 Å². The number of hydrogen-bond acceptors (Lipinski definition) is 5. The molecule has 1 amide bonds. The fourth-order valence-electron chi connectivity index (χ4n) is 0.725. The minimum Gasteiger partial charge on any atom is -0.444 e. The van der Waals surface area contributed by atoms with Crippen molar-refractivity contribution in [2.45, 2.75) is 32.8 Å². The Morgan fingerprint density at radius 3 is 2.40 bits per heavy atom. The minimum absolute atomic E-state index is 0.000196. The molecule has 0 rings (SSSR count). The van der Waals surface area contributed by atoms with Gasteiger partial charge in [-0.2, -0.15) is 0 Å². The van der Waals surface area contributed by atoms with E-state index >= 15 is 0 Å². The molecule has 0 fully saturated rings. The SMILES string of the molecule is CC(C)(C)OC(=O)NCCC(=O)OCO. The zero-order chi connectivity index (χ0) is 11.9. The van der Waals surface area contributed by atoms with Crippen LogP contribution in [0, 0.1) is 0 Å². The maximum Gasteiger partial charge on any atom is 0.407 e. The second kappa shape index (κ2) is 6.23. The number of aliphatic hydroxyl groups is 1. The van der Waals surface area contributed by atoms with Crippen LogP contribution in [0.2, 0.25) is 0 Å². The highest BCUT2D eigenvalue weighted by atomic mass is 16.6. The highest BCUT2D eigenvalue weighted by Gasteiger charge is 2.15. The summed E-state index contributed by atoms with van der Waals surface area (Å²) in [5, 5.41) is 10.6. The molecule has 0 radical (unpaired) electrons. The van der Waals surface area contributed by atoms with E-state index in [1.807, 2.05) is 0 Å². The second-order valence-electron chi connectivity index (χ2n) is 3.82. The zero-order valence-corrected chi connectivity index (χ0v) is 9.20. The minimum atomic E-state index is -0.648. The molecule has 0 aromatic heterocycles. The van der Waals surface area contributed by atoms with Crippen molar-refractivity contribution in [1.29, 1.82) is 0 Å². The predicted octanol–water partition coefficient (Wildman–Crippen LogP) is 0.394. The third-order valence-electron chi connectivity index (χ3n) is 1.22. The first-order valence-corrected chi connectivity index (χ1v) is 4.58. The highest BCUT2D eigenvalue weighted by Crippen LogP contribution is 2.06. The Morgan fingerprint density at radius 1 is 1.33 bits per heavy atom. The van der Waals surface area contributed by atoms with Crippen molar-refractivity contribution in [3.63, 3.8) is 0 Å². The zero-order valence-electron chi connectivity index (χ0n) is 9.20. The van der Waals surface area contributed by atoms with E-state index in [-0.39, 0.29) is 13.0 Å². The summed E-state index contributed by atoms with van der Waals surface area (Å²) in [7, 11) is 0. The van der Waals surface area contributed by atoms with E-state index in [9.17, 15) is 9.59 Å². The van der Waals surface area contributed by atoms with Gasteiger partial charge in [-0.1, -0.05) is 0 Å². The number of hydrogen-bond donors (Lipinski definition) is 2. The molecule has 0 aromatic rings. The number of amides is 1. The molecule has 0 saturated carbocycles. The number of aliphatic hydroxyl groups excluding tert-OH is 1. The first-order valence-electron chi connectivity index (χ1n) is 4.58. The van der Waals surface area contributed by atoms with Crippen LogP contribution in [0.15, 0.2) is 0 Å². The van der Waals surface area contributed by atoms with Crippen LogP contribution in [0.25, 0.3) is 0 Å². The molecule has 0 aliphatic rings. The second-order valence-corrected chi connectivity index (χ2v) is 3.82. The van der Waals surface area contributed by atoms with E-state index in [4.69, 9.17) is 9.84 Å². The standard InChI is InChI=1S/C9H17NO5/c1-9(2,3)15-8(13)10-5-4-7(12)14-6-11/h11H,4-6H2,1-3H3,(H,10,13). The fraction of sp³-hybridized carbons (Fsp3) is 0.778. The molecule has 2 N–H and O–H groups in total. The van der Waals surface area contributed by atoms with Crippen molar-refractivity contribution < 1.29 is 24.2 Å². The maximum absolute atomic E-state index is 11.1. The number of rotatable bonds is 4. The van der Waals surface area contributed by atoms with Gasteiger partial charge in [0.15, 0.2) is 6.79 Å². The number of ether oxygens (including phenoxy) is 2. The van der Waals surface area contributed by atoms with Gasteiger partial charge in [0.1, 0.15) is 5.60 Å². The number of esters is 1. The summed E-state index contributed by atoms with van der Waals surface area (Å²) in [6.45, 7) is 4.70. The third-order valence-corrected chi connectivity index (χ3v) is 1.22. The van der Waals surface area contributed by atoms with E-state index in [2.05, 4.69) is 10.1 Å². The molecule has 0 spiro atoms. The fourth-order valence-corrected chi connectivity index (χ4v) is 0.725. The molecular formula is C9H17NO5. The molecule has 0 bridgehead atoms. The normalized spacial score (nSPS) is 10.7. The molecule has 0 aliphatic carbocycles. The molecule has 15 heavy (non-hydrogen) atoms. The van der Waals surface area contributed by atoms with Crippen molar-refractivity contribution in [3.8, 4) is 0 Å². The van der Waals surface area contributed by atoms with Crippen LogP contribution in [-0.2, 0) is 14.3 Å². The molecule has 0 aliphatic heterocycles. The van der Waals surface area contributed by atoms with Crippen molar-refractivity contribution in [3.05, 3.63) is 0 Å². The van der Waals surface area contributed by atoms with Crippen molar-refractivity contribution in [2.75, 3.05) is 13.3 Å². The number of carbonyl (C=O) groups is 2. The Bertz CT molecular complexity index is 221. The predicted molar refractivity (Wildman–Crippen MR) is 52.0 cm³/mol. The van der Waals surface area contributed by atoms with Gasteiger partial charge in [0.25, 0.3) is 0 Å². The lowest BCUT2D eigenvalue weighted by Gasteiger charge is -2.19. The van der Waals surface area contributed by atoms with E-state index < -0.39 is 24.5 Å². The largest absolute Gasteiger partial charge is 0.444 e. The monoisotopic (exact) mass is 219 g/mol. The van der Waals surface area contributed by atoms with Crippen LogP contribution >= 0.6 is 0 Å². The molecule has 0 unspecified atom stereocenters. The van der Waals surface area contributed by atoms with Gasteiger partial charge in [-0.25, -0.2) is 4.79 Å². The van der Waals surface area contributed by atoms with Gasteiger partial charge >= 0.3 is 12.1 Å². The molecule has 6 nitrogen and oxygen atoms in total. The van der Waals surface area contributed by atoms with Crippen LogP contribution in [0.3, 0.4) is 0 Å². The van der Waals surface area contributed by atoms with E-state index in [1.165, 1.54) is 0 Å². The average molecular weight is 219 g/mol. The Kier molecular flexibility index (Phi) is 5.69. The first kappa shape index (κ1) is 13.7. The summed E-state index contributed by atoms with van der Waals surface area (Å²) >= 11 is 0. The third kappa shape index (κ3) is 9.01. The van der Waals surface area contributed by atoms with Gasteiger partial charge in [-0.15, -0.1) is 0 Å². The van der Waals surface area contributed by atoms with E-state index in [0.717, 1.165) is 0 Å². The smallest absolute Gasteiger partial charge is 0.407 e. The van der Waals surface area contributed by atoms with Gasteiger partial charge < -0.3 is 19.9 Å². The lowest BCUT2D eigenvalue weighted by molar-refractivity contribution is -0.151. The lowest BCUT2D eigenvalue weighted by Crippen LogP contribution is -2.33. The maximum atomic E-state index is 11.1. The van der Waals surface area contributed by atoms with E-state index in [0.29, 0.717) is 0 Å². The van der Waals surface area contributed by atoms with Crippen LogP contribution in [0.4, 0.5) is 4.79 Å². The molecule has 0 saturated heterocycles. The highest BCUT2D eigenvalue weighted by molar-refractivity contribution is 5.71. The number of nitrogens with one attached hydrogen (secondary N) is 1. The Hall–Kier alpha value is -1.30. The van der Waals surface area contributed by atoms with E-state index in [1.54, 1.807) is 20.8 Å². The summed E-state index contributed by atoms with van der Waals surface area (Å²) in [6, 6.07) is 0. The average Bonchev–Trinajstić information content (AvgIpc) is 2.00. The topological polar surface area (TPSA) is 84.9 Å². The summed E-state index contributed by atoms with van der Waals surface area (Å²) in [4.78, 5) is 21.8.